The van der Waals surface area contributed by atoms with Gasteiger partial charge in [-0.2, -0.15) is 0 Å². The molecule has 0 aliphatic heterocycles. The molecule has 2 rings (SSSR count). The van der Waals surface area contributed by atoms with Crippen molar-refractivity contribution < 1.29 is 20.8 Å². The summed E-state index contributed by atoms with van der Waals surface area (Å²) in [5.41, 5.74) is 0.433. The maximum absolute atomic E-state index is 9.45. The fourth-order valence-corrected chi connectivity index (χ4v) is 1.29. The van der Waals surface area contributed by atoms with E-state index in [4.69, 9.17) is 5.48 Å². The number of phenolic OH excluding ortho intramolecular Hbond substituents is 3. The van der Waals surface area contributed by atoms with E-state index in [0.717, 1.165) is 6.07 Å². The van der Waals surface area contributed by atoms with Gasteiger partial charge >= 0.3 is 0 Å². The molecule has 0 unspecified atom stereocenters. The van der Waals surface area contributed by atoms with Gasteiger partial charge < -0.3 is 15.3 Å². The van der Waals surface area contributed by atoms with Crippen molar-refractivity contribution in [2.75, 3.05) is 0 Å². The van der Waals surface area contributed by atoms with Crippen LogP contribution in [0.4, 0.5) is 0 Å². The smallest absolute Gasteiger partial charge is 0.119 e. The lowest BCUT2D eigenvalue weighted by molar-refractivity contribution is 0.450. The Morgan fingerprint density at radius 3 is 1.82 bits per heavy atom. The highest BCUT2D eigenvalue weighted by Gasteiger charge is 1.95. The van der Waals surface area contributed by atoms with Gasteiger partial charge in [-0.1, -0.05) is 24.2 Å². The molecule has 3 heteroatoms. The number of benzene rings is 2. The van der Waals surface area contributed by atoms with Crippen LogP contribution in [-0.2, 0) is 0 Å². The molecule has 0 aliphatic rings. The third kappa shape index (κ3) is 3.01. The number of hydrogen-bond acceptors (Lipinski definition) is 3. The van der Waals surface area contributed by atoms with Crippen molar-refractivity contribution in [3.63, 3.8) is 0 Å². The highest BCUT2D eigenvalue weighted by atomic mass is 16.3. The predicted octanol–water partition coefficient (Wildman–Crippen LogP) is 2.97. The van der Waals surface area contributed by atoms with Gasteiger partial charge in [-0.15, -0.1) is 0 Å². The first-order valence-electron chi connectivity index (χ1n) is 6.81. The Balaban J connectivity index is 2.51. The van der Waals surface area contributed by atoms with Crippen molar-refractivity contribution in [2.24, 2.45) is 0 Å². The molecule has 0 saturated heterocycles. The van der Waals surface area contributed by atoms with E-state index in [-0.39, 0.29) is 29.1 Å². The first-order valence-corrected chi connectivity index (χ1v) is 4.81. The Kier molecular flexibility index (Phi) is 1.90. The lowest BCUT2D eigenvalue weighted by Gasteiger charge is -1.98. The zero-order valence-corrected chi connectivity index (χ0v) is 8.73. The zero-order chi connectivity index (χ0) is 15.7. The molecule has 0 aliphatic carbocycles. The van der Waals surface area contributed by atoms with E-state index in [1.54, 1.807) is 0 Å². The van der Waals surface area contributed by atoms with Crippen LogP contribution >= 0.6 is 0 Å². The van der Waals surface area contributed by atoms with Crippen molar-refractivity contribution in [3.8, 4) is 17.2 Å². The average molecular weight is 232 g/mol. The highest BCUT2D eigenvalue weighted by Crippen LogP contribution is 2.22. The van der Waals surface area contributed by atoms with Crippen LogP contribution in [0.3, 0.4) is 0 Å². The second-order valence-electron chi connectivity index (χ2n) is 3.38. The van der Waals surface area contributed by atoms with E-state index in [1.165, 1.54) is 24.3 Å². The molecule has 2 aromatic rings. The van der Waals surface area contributed by atoms with Gasteiger partial charge in [-0.25, -0.2) is 0 Å². The SMILES string of the molecule is [2H]c1c([2H])c(/C=C/c2cc(O)cc(O)c2)c([2H])c([2H])c1O. The van der Waals surface area contributed by atoms with E-state index in [9.17, 15) is 15.3 Å². The van der Waals surface area contributed by atoms with Gasteiger partial charge in [-0.3, -0.25) is 0 Å². The quantitative estimate of drug-likeness (QED) is 0.697. The maximum atomic E-state index is 9.45. The molecule has 17 heavy (non-hydrogen) atoms. The Morgan fingerprint density at radius 1 is 0.706 bits per heavy atom. The minimum atomic E-state index is -0.697. The van der Waals surface area contributed by atoms with Crippen LogP contribution in [0.5, 0.6) is 17.2 Å². The van der Waals surface area contributed by atoms with Gasteiger partial charge in [0.25, 0.3) is 0 Å². The van der Waals surface area contributed by atoms with Gasteiger partial charge in [0, 0.05) is 6.07 Å². The molecule has 0 spiro atoms. The van der Waals surface area contributed by atoms with Crippen LogP contribution in [0, 0.1) is 0 Å². The number of rotatable bonds is 2. The zero-order valence-electron chi connectivity index (χ0n) is 12.7. The molecule has 2 aromatic carbocycles. The molecule has 0 aromatic heterocycles. The number of aromatic hydroxyl groups is 3. The summed E-state index contributed by atoms with van der Waals surface area (Å²) >= 11 is 0. The normalized spacial score (nSPS) is 14.1. The minimum Gasteiger partial charge on any atom is -0.508 e. The molecule has 86 valence electrons. The van der Waals surface area contributed by atoms with Crippen molar-refractivity contribution in [1.82, 2.24) is 0 Å². The standard InChI is InChI=1S/C14H12O3/c15-12-5-3-10(4-6-12)1-2-11-7-13(16)9-14(17)8-11/h1-9,15-17H/b2-1+/i3D,4D,5D,6D. The van der Waals surface area contributed by atoms with E-state index < -0.39 is 17.8 Å². The van der Waals surface area contributed by atoms with E-state index in [2.05, 4.69) is 0 Å². The summed E-state index contributed by atoms with van der Waals surface area (Å²) in [6.07, 6.45) is 2.76. The molecular weight excluding hydrogens is 216 g/mol. The summed E-state index contributed by atoms with van der Waals surface area (Å²) in [7, 11) is 0. The fourth-order valence-electron chi connectivity index (χ4n) is 1.29. The van der Waals surface area contributed by atoms with Crippen LogP contribution in [-0.4, -0.2) is 15.3 Å². The lowest BCUT2D eigenvalue weighted by Crippen LogP contribution is -1.74. The van der Waals surface area contributed by atoms with E-state index in [1.807, 2.05) is 0 Å². The first-order chi connectivity index (χ1) is 9.81. The Morgan fingerprint density at radius 2 is 1.24 bits per heavy atom. The van der Waals surface area contributed by atoms with Crippen LogP contribution in [0.2, 0.25) is 0 Å². The molecular formula is C14H12O3. The fraction of sp³-hybridized carbons (Fsp3) is 0. The summed E-state index contributed by atoms with van der Waals surface area (Å²) < 4.78 is 30.5. The molecule has 0 radical (unpaired) electrons. The van der Waals surface area contributed by atoms with Crippen molar-refractivity contribution in [1.29, 1.82) is 0 Å². The van der Waals surface area contributed by atoms with Gasteiger partial charge in [0.1, 0.15) is 17.2 Å². The van der Waals surface area contributed by atoms with Crippen molar-refractivity contribution in [2.45, 2.75) is 0 Å². The summed E-state index contributed by atoms with van der Waals surface area (Å²) in [5, 5.41) is 28.2. The Hall–Kier alpha value is -2.42. The van der Waals surface area contributed by atoms with Crippen molar-refractivity contribution in [3.05, 3.63) is 53.5 Å². The minimum absolute atomic E-state index is 0.00522. The molecule has 0 fully saturated rings. The second-order valence-corrected chi connectivity index (χ2v) is 3.38. The summed E-state index contributed by atoms with van der Waals surface area (Å²) in [4.78, 5) is 0. The summed E-state index contributed by atoms with van der Waals surface area (Å²) in [6, 6.07) is 2.13. The summed E-state index contributed by atoms with van der Waals surface area (Å²) in [6.45, 7) is 0. The number of hydrogen-bond donors (Lipinski definition) is 3. The Labute approximate surface area is 105 Å². The molecule has 0 amide bonds. The number of phenols is 3. The van der Waals surface area contributed by atoms with Gasteiger partial charge in [0.05, 0.1) is 5.48 Å². The van der Waals surface area contributed by atoms with Crippen LogP contribution in [0.15, 0.2) is 42.4 Å². The van der Waals surface area contributed by atoms with E-state index in [0.29, 0.717) is 5.56 Å². The maximum Gasteiger partial charge on any atom is 0.119 e. The lowest BCUT2D eigenvalue weighted by atomic mass is 10.1. The Bertz CT molecular complexity index is 692. The molecule has 3 nitrogen and oxygen atoms in total. The molecule has 0 heterocycles. The van der Waals surface area contributed by atoms with Gasteiger partial charge in [0.2, 0.25) is 0 Å². The largest absolute Gasteiger partial charge is 0.508 e. The molecule has 3 N–H and O–H groups in total. The second kappa shape index (κ2) is 4.61. The molecule has 0 atom stereocenters. The topological polar surface area (TPSA) is 60.7 Å². The third-order valence-electron chi connectivity index (χ3n) is 2.00. The van der Waals surface area contributed by atoms with E-state index >= 15 is 0 Å². The third-order valence-corrected chi connectivity index (χ3v) is 2.00. The van der Waals surface area contributed by atoms with Crippen LogP contribution in [0.25, 0.3) is 12.2 Å². The van der Waals surface area contributed by atoms with Gasteiger partial charge in [0.15, 0.2) is 0 Å². The average Bonchev–Trinajstić information content (AvgIpc) is 2.42. The monoisotopic (exact) mass is 232 g/mol. The summed E-state index contributed by atoms with van der Waals surface area (Å²) in [5.74, 6) is -0.975. The predicted molar refractivity (Wildman–Crippen MR) is 66.8 cm³/mol. The van der Waals surface area contributed by atoms with Gasteiger partial charge in [-0.05, 0) is 35.3 Å². The first kappa shape index (κ1) is 7.01. The van der Waals surface area contributed by atoms with Crippen molar-refractivity contribution >= 4 is 12.2 Å². The van der Waals surface area contributed by atoms with Crippen LogP contribution < -0.4 is 0 Å². The molecule has 0 bridgehead atoms. The van der Waals surface area contributed by atoms with Crippen LogP contribution in [0.1, 0.15) is 16.6 Å². The molecule has 0 saturated carbocycles. The highest BCUT2D eigenvalue weighted by molar-refractivity contribution is 5.71.